The molecule has 1 heterocycles. The van der Waals surface area contributed by atoms with Crippen LogP contribution in [0.3, 0.4) is 0 Å². The van der Waals surface area contributed by atoms with Crippen LogP contribution in [0.5, 0.6) is 0 Å². The first-order valence-electron chi connectivity index (χ1n) is 7.94. The summed E-state index contributed by atoms with van der Waals surface area (Å²) in [6.45, 7) is -0.405. The SMILES string of the molecule is N#CCn1c(COC(=O)Cc2ccc(Cl)c(Cl)c2)nc2ccccc2c1=O. The third-order valence-electron chi connectivity index (χ3n) is 3.86. The number of nitrogens with zero attached hydrogens (tertiary/aromatic N) is 3. The molecule has 0 saturated carbocycles. The Hall–Kier alpha value is -2.88. The first kappa shape index (κ1) is 18.9. The summed E-state index contributed by atoms with van der Waals surface area (Å²) in [7, 11) is 0. The number of carbonyl (C=O) groups excluding carboxylic acids is 1. The third-order valence-corrected chi connectivity index (χ3v) is 4.60. The summed E-state index contributed by atoms with van der Waals surface area (Å²) in [6.07, 6.45) is -0.00699. The van der Waals surface area contributed by atoms with E-state index in [-0.39, 0.29) is 31.0 Å². The van der Waals surface area contributed by atoms with Crippen molar-refractivity contribution in [3.8, 4) is 6.07 Å². The molecule has 0 aliphatic heterocycles. The van der Waals surface area contributed by atoms with Crippen LogP contribution in [0.2, 0.25) is 10.0 Å². The maximum absolute atomic E-state index is 12.5. The minimum Gasteiger partial charge on any atom is -0.457 e. The molecule has 3 rings (SSSR count). The Morgan fingerprint density at radius 1 is 1.19 bits per heavy atom. The van der Waals surface area contributed by atoms with Gasteiger partial charge in [0.05, 0.1) is 33.4 Å². The molecule has 2 aromatic carbocycles. The number of benzene rings is 2. The summed E-state index contributed by atoms with van der Waals surface area (Å²) in [6, 6.07) is 13.6. The molecule has 0 saturated heterocycles. The Balaban J connectivity index is 1.80. The highest BCUT2D eigenvalue weighted by Crippen LogP contribution is 2.23. The number of esters is 1. The van der Waals surface area contributed by atoms with Crippen LogP contribution in [0.1, 0.15) is 11.4 Å². The second kappa shape index (κ2) is 8.21. The van der Waals surface area contributed by atoms with E-state index in [1.165, 1.54) is 4.57 Å². The van der Waals surface area contributed by atoms with E-state index >= 15 is 0 Å². The molecule has 0 atom stereocenters. The van der Waals surface area contributed by atoms with Gasteiger partial charge in [-0.05, 0) is 29.8 Å². The van der Waals surface area contributed by atoms with Gasteiger partial charge in [-0.15, -0.1) is 0 Å². The molecule has 3 aromatic rings. The van der Waals surface area contributed by atoms with Crippen molar-refractivity contribution in [2.45, 2.75) is 19.6 Å². The number of ether oxygens (including phenoxy) is 1. The molecule has 136 valence electrons. The lowest BCUT2D eigenvalue weighted by molar-refractivity contribution is -0.144. The van der Waals surface area contributed by atoms with Crippen LogP contribution in [-0.4, -0.2) is 15.5 Å². The second-order valence-corrected chi connectivity index (χ2v) is 6.49. The highest BCUT2D eigenvalue weighted by molar-refractivity contribution is 6.42. The lowest BCUT2D eigenvalue weighted by Gasteiger charge is -2.11. The van der Waals surface area contributed by atoms with E-state index in [2.05, 4.69) is 4.98 Å². The Bertz CT molecular complexity index is 1120. The minimum atomic E-state index is -0.515. The molecule has 0 fully saturated rings. The number of rotatable bonds is 5. The van der Waals surface area contributed by atoms with Gasteiger partial charge in [0.2, 0.25) is 0 Å². The highest BCUT2D eigenvalue weighted by Gasteiger charge is 2.13. The van der Waals surface area contributed by atoms with Gasteiger partial charge >= 0.3 is 5.97 Å². The van der Waals surface area contributed by atoms with Gasteiger partial charge in [-0.1, -0.05) is 41.4 Å². The van der Waals surface area contributed by atoms with Crippen LogP contribution < -0.4 is 5.56 Å². The highest BCUT2D eigenvalue weighted by atomic mass is 35.5. The molecule has 27 heavy (non-hydrogen) atoms. The van der Waals surface area contributed by atoms with Crippen LogP contribution >= 0.6 is 23.2 Å². The van der Waals surface area contributed by atoms with Crippen LogP contribution in [0, 0.1) is 11.3 Å². The smallest absolute Gasteiger partial charge is 0.310 e. The molecule has 0 bridgehead atoms. The first-order chi connectivity index (χ1) is 13.0. The van der Waals surface area contributed by atoms with Crippen molar-refractivity contribution in [2.24, 2.45) is 0 Å². The second-order valence-electron chi connectivity index (χ2n) is 5.68. The topological polar surface area (TPSA) is 85.0 Å². The molecular weight excluding hydrogens is 389 g/mol. The Kier molecular flexibility index (Phi) is 5.75. The van der Waals surface area contributed by atoms with E-state index in [4.69, 9.17) is 33.2 Å². The van der Waals surface area contributed by atoms with Gasteiger partial charge in [-0.2, -0.15) is 5.26 Å². The van der Waals surface area contributed by atoms with Crippen molar-refractivity contribution in [3.05, 3.63) is 74.3 Å². The fraction of sp³-hybridized carbons (Fsp3) is 0.158. The summed E-state index contributed by atoms with van der Waals surface area (Å²) in [5.74, 6) is -0.304. The lowest BCUT2D eigenvalue weighted by Crippen LogP contribution is -2.26. The predicted octanol–water partition coefficient (Wildman–Crippen LogP) is 3.51. The largest absolute Gasteiger partial charge is 0.457 e. The fourth-order valence-corrected chi connectivity index (χ4v) is 2.89. The standard InChI is InChI=1S/C19H13Cl2N3O3/c20-14-6-5-12(9-15(14)21)10-18(25)27-11-17-23-16-4-2-1-3-13(16)19(26)24(17)8-7-22/h1-6,9H,8,10-11H2. The number of nitriles is 1. The minimum absolute atomic E-state index is 0.00699. The number of para-hydroxylation sites is 1. The monoisotopic (exact) mass is 401 g/mol. The molecule has 0 radical (unpaired) electrons. The molecule has 0 spiro atoms. The number of aromatic nitrogens is 2. The van der Waals surface area contributed by atoms with Crippen molar-refractivity contribution in [3.63, 3.8) is 0 Å². The van der Waals surface area contributed by atoms with Gasteiger partial charge in [0.1, 0.15) is 13.2 Å². The van der Waals surface area contributed by atoms with E-state index < -0.39 is 5.97 Å². The number of fused-ring (bicyclic) bond motifs is 1. The zero-order valence-electron chi connectivity index (χ0n) is 14.0. The Morgan fingerprint density at radius 3 is 2.70 bits per heavy atom. The summed E-state index contributed by atoms with van der Waals surface area (Å²) in [5, 5.41) is 10.1. The van der Waals surface area contributed by atoms with E-state index in [0.29, 0.717) is 26.5 Å². The zero-order valence-corrected chi connectivity index (χ0v) is 15.5. The number of carbonyl (C=O) groups is 1. The molecule has 0 N–H and O–H groups in total. The van der Waals surface area contributed by atoms with Gasteiger partial charge < -0.3 is 4.74 Å². The number of hydrogen-bond donors (Lipinski definition) is 0. The molecule has 0 aliphatic carbocycles. The fourth-order valence-electron chi connectivity index (χ4n) is 2.57. The number of halogens is 2. The summed E-state index contributed by atoms with van der Waals surface area (Å²) in [5.41, 5.74) is 0.778. The molecule has 6 nitrogen and oxygen atoms in total. The zero-order chi connectivity index (χ0) is 19.4. The van der Waals surface area contributed by atoms with E-state index in [9.17, 15) is 9.59 Å². The van der Waals surface area contributed by atoms with Crippen molar-refractivity contribution in [1.29, 1.82) is 5.26 Å². The van der Waals surface area contributed by atoms with E-state index in [0.717, 1.165) is 0 Å². The maximum atomic E-state index is 12.5. The predicted molar refractivity (Wildman–Crippen MR) is 102 cm³/mol. The summed E-state index contributed by atoms with van der Waals surface area (Å²) >= 11 is 11.8. The molecule has 0 amide bonds. The maximum Gasteiger partial charge on any atom is 0.310 e. The van der Waals surface area contributed by atoms with Crippen LogP contribution in [0.25, 0.3) is 10.9 Å². The Labute approximate surface area is 164 Å². The van der Waals surface area contributed by atoms with Crippen molar-refractivity contribution in [1.82, 2.24) is 9.55 Å². The van der Waals surface area contributed by atoms with E-state index in [1.54, 1.807) is 42.5 Å². The summed E-state index contributed by atoms with van der Waals surface area (Å²) < 4.78 is 6.45. The van der Waals surface area contributed by atoms with Crippen molar-refractivity contribution < 1.29 is 9.53 Å². The van der Waals surface area contributed by atoms with E-state index in [1.807, 2.05) is 6.07 Å². The Morgan fingerprint density at radius 2 is 1.96 bits per heavy atom. The quantitative estimate of drug-likeness (QED) is 0.610. The molecule has 0 aliphatic rings. The summed E-state index contributed by atoms with van der Waals surface area (Å²) in [4.78, 5) is 29.0. The third kappa shape index (κ3) is 4.27. The van der Waals surface area contributed by atoms with Gasteiger partial charge in [0, 0.05) is 0 Å². The first-order valence-corrected chi connectivity index (χ1v) is 8.70. The van der Waals surface area contributed by atoms with Gasteiger partial charge in [-0.3, -0.25) is 14.2 Å². The molecule has 0 unspecified atom stereocenters. The normalized spacial score (nSPS) is 10.6. The molecule has 1 aromatic heterocycles. The van der Waals surface area contributed by atoms with Gasteiger partial charge in [0.25, 0.3) is 5.56 Å². The lowest BCUT2D eigenvalue weighted by atomic mass is 10.1. The average Bonchev–Trinajstić information content (AvgIpc) is 2.66. The van der Waals surface area contributed by atoms with Gasteiger partial charge in [0.15, 0.2) is 5.82 Å². The van der Waals surface area contributed by atoms with Crippen molar-refractivity contribution >= 4 is 40.1 Å². The van der Waals surface area contributed by atoms with Crippen molar-refractivity contribution in [2.75, 3.05) is 0 Å². The van der Waals surface area contributed by atoms with Crippen LogP contribution in [0.4, 0.5) is 0 Å². The van der Waals surface area contributed by atoms with Gasteiger partial charge in [-0.25, -0.2) is 4.98 Å². The number of hydrogen-bond acceptors (Lipinski definition) is 5. The molecule has 8 heteroatoms. The average molecular weight is 402 g/mol. The molecular formula is C19H13Cl2N3O3. The van der Waals surface area contributed by atoms with Crippen LogP contribution in [-0.2, 0) is 29.1 Å². The van der Waals surface area contributed by atoms with Crippen LogP contribution in [0.15, 0.2) is 47.3 Å².